The largest absolute Gasteiger partial charge is 0.480 e. The summed E-state index contributed by atoms with van der Waals surface area (Å²) in [5, 5.41) is 10.9. The molecule has 0 aromatic heterocycles. The van der Waals surface area contributed by atoms with Gasteiger partial charge in [-0.15, -0.1) is 0 Å². The van der Waals surface area contributed by atoms with Crippen molar-refractivity contribution in [3.63, 3.8) is 0 Å². The minimum absolute atomic E-state index is 0.0743. The number of nitrogens with one attached hydrogen (secondary N) is 1. The van der Waals surface area contributed by atoms with Crippen molar-refractivity contribution in [1.29, 1.82) is 0 Å². The fourth-order valence-corrected chi connectivity index (χ4v) is 1.31. The van der Waals surface area contributed by atoms with Gasteiger partial charge in [-0.2, -0.15) is 0 Å². The van der Waals surface area contributed by atoms with Crippen molar-refractivity contribution in [2.45, 2.75) is 19.5 Å². The van der Waals surface area contributed by atoms with E-state index in [-0.39, 0.29) is 6.54 Å². The van der Waals surface area contributed by atoms with E-state index in [0.29, 0.717) is 5.56 Å². The maximum atomic E-state index is 13.4. The normalized spacial score (nSPS) is 11.7. The van der Waals surface area contributed by atoms with Crippen molar-refractivity contribution in [3.8, 4) is 0 Å². The summed E-state index contributed by atoms with van der Waals surface area (Å²) in [6, 6.07) is 4.56. The first kappa shape index (κ1) is 14.0. The number of amides is 2. The van der Waals surface area contributed by atoms with E-state index in [1.54, 1.807) is 18.2 Å². The number of urea groups is 1. The maximum absolute atomic E-state index is 13.4. The van der Waals surface area contributed by atoms with Crippen LogP contribution in [0.1, 0.15) is 12.5 Å². The van der Waals surface area contributed by atoms with E-state index in [1.807, 2.05) is 0 Å². The summed E-state index contributed by atoms with van der Waals surface area (Å²) in [4.78, 5) is 23.4. The quantitative estimate of drug-likeness (QED) is 0.854. The molecule has 0 heterocycles. The zero-order valence-electron chi connectivity index (χ0n) is 10.2. The molecule has 1 unspecified atom stereocenters. The first-order valence-electron chi connectivity index (χ1n) is 5.39. The second kappa shape index (κ2) is 6.00. The van der Waals surface area contributed by atoms with E-state index in [1.165, 1.54) is 24.9 Å². The first-order chi connectivity index (χ1) is 8.41. The van der Waals surface area contributed by atoms with E-state index in [0.717, 1.165) is 0 Å². The molecular weight excluding hydrogens is 239 g/mol. The van der Waals surface area contributed by atoms with Crippen molar-refractivity contribution in [3.05, 3.63) is 35.6 Å². The van der Waals surface area contributed by atoms with Crippen molar-refractivity contribution in [1.82, 2.24) is 10.2 Å². The molecule has 0 bridgehead atoms. The second-order valence-electron chi connectivity index (χ2n) is 3.96. The number of hydrogen-bond acceptors (Lipinski definition) is 2. The molecule has 0 saturated carbocycles. The van der Waals surface area contributed by atoms with Crippen LogP contribution in [0.15, 0.2) is 24.3 Å². The lowest BCUT2D eigenvalue weighted by molar-refractivity contribution is -0.138. The van der Waals surface area contributed by atoms with Gasteiger partial charge in [-0.1, -0.05) is 18.2 Å². The summed E-state index contributed by atoms with van der Waals surface area (Å²) in [7, 11) is 1.47. The third-order valence-corrected chi connectivity index (χ3v) is 2.42. The molecule has 98 valence electrons. The Labute approximate surface area is 104 Å². The molecule has 1 aromatic carbocycles. The van der Waals surface area contributed by atoms with Crippen LogP contribution in [0.5, 0.6) is 0 Å². The van der Waals surface area contributed by atoms with Gasteiger partial charge in [0.25, 0.3) is 0 Å². The zero-order chi connectivity index (χ0) is 13.7. The molecule has 0 radical (unpaired) electrons. The number of benzene rings is 1. The zero-order valence-corrected chi connectivity index (χ0v) is 10.2. The Morgan fingerprint density at radius 1 is 1.44 bits per heavy atom. The average molecular weight is 254 g/mol. The maximum Gasteiger partial charge on any atom is 0.325 e. The van der Waals surface area contributed by atoms with Crippen LogP contribution >= 0.6 is 0 Å². The van der Waals surface area contributed by atoms with Crippen LogP contribution in [0.2, 0.25) is 0 Å². The summed E-state index contributed by atoms with van der Waals surface area (Å²) < 4.78 is 13.4. The van der Waals surface area contributed by atoms with E-state index < -0.39 is 23.9 Å². The number of carbonyl (C=O) groups excluding carboxylic acids is 1. The molecule has 1 atom stereocenters. The fraction of sp³-hybridized carbons (Fsp3) is 0.333. The van der Waals surface area contributed by atoms with Crippen LogP contribution < -0.4 is 5.32 Å². The molecule has 5 nitrogen and oxygen atoms in total. The van der Waals surface area contributed by atoms with Crippen molar-refractivity contribution in [2.75, 3.05) is 7.05 Å². The minimum atomic E-state index is -1.12. The van der Waals surface area contributed by atoms with Gasteiger partial charge in [0, 0.05) is 19.2 Å². The van der Waals surface area contributed by atoms with Crippen molar-refractivity contribution in [2.24, 2.45) is 0 Å². The van der Waals surface area contributed by atoms with Gasteiger partial charge in [0.15, 0.2) is 0 Å². The number of carbonyl (C=O) groups is 2. The highest BCUT2D eigenvalue weighted by molar-refractivity contribution is 5.82. The van der Waals surface area contributed by atoms with Crippen LogP contribution in [-0.2, 0) is 11.3 Å². The smallest absolute Gasteiger partial charge is 0.325 e. The van der Waals surface area contributed by atoms with E-state index in [4.69, 9.17) is 5.11 Å². The molecule has 1 rings (SSSR count). The average Bonchev–Trinajstić information content (AvgIpc) is 2.31. The number of carboxylic acid groups (broad SMARTS) is 1. The Morgan fingerprint density at radius 3 is 2.61 bits per heavy atom. The predicted molar refractivity (Wildman–Crippen MR) is 63.5 cm³/mol. The number of aliphatic carboxylic acids is 1. The fourth-order valence-electron chi connectivity index (χ4n) is 1.31. The van der Waals surface area contributed by atoms with E-state index in [2.05, 4.69) is 5.32 Å². The Morgan fingerprint density at radius 2 is 2.06 bits per heavy atom. The Bertz CT molecular complexity index is 451. The van der Waals surface area contributed by atoms with Crippen LogP contribution in [0.25, 0.3) is 0 Å². The molecular formula is C12H15FN2O3. The Hall–Kier alpha value is -2.11. The van der Waals surface area contributed by atoms with E-state index in [9.17, 15) is 14.0 Å². The lowest BCUT2D eigenvalue weighted by atomic mass is 10.2. The second-order valence-corrected chi connectivity index (χ2v) is 3.96. The van der Waals surface area contributed by atoms with Gasteiger partial charge in [-0.25, -0.2) is 9.18 Å². The number of hydrogen-bond donors (Lipinski definition) is 2. The third kappa shape index (κ3) is 3.73. The van der Waals surface area contributed by atoms with Crippen LogP contribution in [0, 0.1) is 5.82 Å². The van der Waals surface area contributed by atoms with Gasteiger partial charge in [0.1, 0.15) is 11.9 Å². The van der Waals surface area contributed by atoms with Crippen LogP contribution in [0.3, 0.4) is 0 Å². The highest BCUT2D eigenvalue weighted by atomic mass is 19.1. The molecule has 6 heteroatoms. The molecule has 0 aliphatic carbocycles. The first-order valence-corrected chi connectivity index (χ1v) is 5.39. The standard InChI is InChI=1S/C12H15FN2O3/c1-8(11(16)17)14-12(18)15(2)7-9-5-3-4-6-10(9)13/h3-6,8H,7H2,1-2H3,(H,14,18)(H,16,17). The van der Waals surface area contributed by atoms with Gasteiger partial charge >= 0.3 is 12.0 Å². The molecule has 0 spiro atoms. The van der Waals surface area contributed by atoms with Gasteiger partial charge < -0.3 is 15.3 Å². The van der Waals surface area contributed by atoms with Crippen molar-refractivity contribution < 1.29 is 19.1 Å². The van der Waals surface area contributed by atoms with Gasteiger partial charge in [-0.3, -0.25) is 4.79 Å². The number of nitrogens with zero attached hydrogens (tertiary/aromatic N) is 1. The monoisotopic (exact) mass is 254 g/mol. The number of carboxylic acids is 1. The van der Waals surface area contributed by atoms with Gasteiger partial charge in [-0.05, 0) is 13.0 Å². The summed E-state index contributed by atoms with van der Waals surface area (Å²) in [6.07, 6.45) is 0. The highest BCUT2D eigenvalue weighted by Crippen LogP contribution is 2.08. The third-order valence-electron chi connectivity index (χ3n) is 2.42. The predicted octanol–water partition coefficient (Wildman–Crippen LogP) is 1.44. The topological polar surface area (TPSA) is 69.6 Å². The molecule has 0 aliphatic heterocycles. The summed E-state index contributed by atoms with van der Waals surface area (Å²) >= 11 is 0. The van der Waals surface area contributed by atoms with Gasteiger partial charge in [0.2, 0.25) is 0 Å². The van der Waals surface area contributed by atoms with Crippen molar-refractivity contribution >= 4 is 12.0 Å². The molecule has 0 saturated heterocycles. The van der Waals surface area contributed by atoms with E-state index >= 15 is 0 Å². The lowest BCUT2D eigenvalue weighted by Gasteiger charge is -2.19. The van der Waals surface area contributed by atoms with Crippen LogP contribution in [0.4, 0.5) is 9.18 Å². The summed E-state index contributed by atoms with van der Waals surface area (Å²) in [5.74, 6) is -1.52. The molecule has 18 heavy (non-hydrogen) atoms. The molecule has 1 aromatic rings. The van der Waals surface area contributed by atoms with Crippen LogP contribution in [-0.4, -0.2) is 35.1 Å². The molecule has 0 fully saturated rings. The number of halogens is 1. The van der Waals surface area contributed by atoms with Gasteiger partial charge in [0.05, 0.1) is 0 Å². The minimum Gasteiger partial charge on any atom is -0.480 e. The number of rotatable bonds is 4. The lowest BCUT2D eigenvalue weighted by Crippen LogP contribution is -2.44. The Kier molecular flexibility index (Phi) is 4.65. The molecule has 2 N–H and O–H groups in total. The SMILES string of the molecule is CC(NC(=O)N(C)Cc1ccccc1F)C(=O)O. The Balaban J connectivity index is 2.60. The summed E-state index contributed by atoms with van der Waals surface area (Å²) in [5.41, 5.74) is 0.373. The highest BCUT2D eigenvalue weighted by Gasteiger charge is 2.17. The molecule has 2 amide bonds. The molecule has 0 aliphatic rings. The summed E-state index contributed by atoms with van der Waals surface area (Å²) in [6.45, 7) is 1.43.